The van der Waals surface area contributed by atoms with E-state index in [9.17, 15) is 4.79 Å². The number of nitrogens with zero attached hydrogens (tertiary/aromatic N) is 1. The van der Waals surface area contributed by atoms with Crippen molar-refractivity contribution in [1.82, 2.24) is 4.98 Å². The van der Waals surface area contributed by atoms with Gasteiger partial charge < -0.3 is 9.15 Å². The molecule has 0 N–H and O–H groups in total. The highest BCUT2D eigenvalue weighted by atomic mass is 16.5. The number of rotatable bonds is 9. The maximum Gasteiger partial charge on any atom is 0.226 e. The van der Waals surface area contributed by atoms with Crippen LogP contribution in [0.15, 0.2) is 59.2 Å². The van der Waals surface area contributed by atoms with Crippen LogP contribution in [0.1, 0.15) is 49.9 Å². The van der Waals surface area contributed by atoms with E-state index in [1.165, 1.54) is 19.3 Å². The number of oxazole rings is 1. The standard InChI is InChI=1S/C23H25NO3/c1-3-4-5-6-15-26-21-13-11-19(12-14-21)22-16-27-23(24-22)20-9-7-18(8-10-20)17(2)25/h7-14,16H,3-6,15H2,1-2H3. The molecular formula is C23H25NO3. The van der Waals surface area contributed by atoms with Crippen molar-refractivity contribution in [3.63, 3.8) is 0 Å². The van der Waals surface area contributed by atoms with E-state index in [2.05, 4.69) is 11.9 Å². The van der Waals surface area contributed by atoms with Crippen LogP contribution in [0.3, 0.4) is 0 Å². The number of unbranched alkanes of at least 4 members (excludes halogenated alkanes) is 3. The van der Waals surface area contributed by atoms with Crippen molar-refractivity contribution >= 4 is 5.78 Å². The van der Waals surface area contributed by atoms with Gasteiger partial charge in [-0.05, 0) is 49.7 Å². The Balaban J connectivity index is 1.63. The quantitative estimate of drug-likeness (QED) is 0.337. The first kappa shape index (κ1) is 18.9. The Labute approximate surface area is 160 Å². The molecule has 0 aliphatic heterocycles. The van der Waals surface area contributed by atoms with Crippen LogP contribution in [0.2, 0.25) is 0 Å². The predicted molar refractivity (Wildman–Crippen MR) is 107 cm³/mol. The van der Waals surface area contributed by atoms with Crippen LogP contribution in [-0.4, -0.2) is 17.4 Å². The summed E-state index contributed by atoms with van der Waals surface area (Å²) >= 11 is 0. The minimum atomic E-state index is 0.0438. The maximum absolute atomic E-state index is 11.4. The first-order chi connectivity index (χ1) is 13.2. The van der Waals surface area contributed by atoms with Gasteiger partial charge in [-0.25, -0.2) is 4.98 Å². The van der Waals surface area contributed by atoms with Gasteiger partial charge in [-0.2, -0.15) is 0 Å². The normalized spacial score (nSPS) is 10.7. The van der Waals surface area contributed by atoms with E-state index in [0.717, 1.165) is 35.6 Å². The van der Waals surface area contributed by atoms with Crippen molar-refractivity contribution in [2.45, 2.75) is 39.5 Å². The number of Topliss-reactive ketones (excluding diaryl/α,β-unsaturated/α-hetero) is 1. The molecule has 4 heteroatoms. The van der Waals surface area contributed by atoms with Crippen molar-refractivity contribution in [3.05, 3.63) is 60.4 Å². The third-order valence-electron chi connectivity index (χ3n) is 4.46. The summed E-state index contributed by atoms with van der Waals surface area (Å²) in [6, 6.07) is 15.2. The molecule has 0 amide bonds. The lowest BCUT2D eigenvalue weighted by Gasteiger charge is -2.06. The number of hydrogen-bond donors (Lipinski definition) is 0. The fraction of sp³-hybridized carbons (Fsp3) is 0.304. The molecule has 0 aliphatic carbocycles. The number of ether oxygens (including phenoxy) is 1. The Kier molecular flexibility index (Phi) is 6.42. The van der Waals surface area contributed by atoms with Crippen molar-refractivity contribution in [1.29, 1.82) is 0 Å². The maximum atomic E-state index is 11.4. The van der Waals surface area contributed by atoms with E-state index >= 15 is 0 Å². The zero-order valence-electron chi connectivity index (χ0n) is 15.9. The van der Waals surface area contributed by atoms with Crippen LogP contribution < -0.4 is 4.74 Å². The number of hydrogen-bond acceptors (Lipinski definition) is 4. The second kappa shape index (κ2) is 9.17. The topological polar surface area (TPSA) is 52.3 Å². The zero-order valence-corrected chi connectivity index (χ0v) is 15.9. The van der Waals surface area contributed by atoms with Gasteiger partial charge in [-0.3, -0.25) is 4.79 Å². The lowest BCUT2D eigenvalue weighted by atomic mass is 10.1. The largest absolute Gasteiger partial charge is 0.494 e. The van der Waals surface area contributed by atoms with E-state index in [4.69, 9.17) is 9.15 Å². The molecule has 0 atom stereocenters. The van der Waals surface area contributed by atoms with Crippen molar-refractivity contribution in [3.8, 4) is 28.5 Å². The SMILES string of the molecule is CCCCCCOc1ccc(-c2coc(-c3ccc(C(C)=O)cc3)n2)cc1. The summed E-state index contributed by atoms with van der Waals surface area (Å²) < 4.78 is 11.4. The zero-order chi connectivity index (χ0) is 19.1. The number of aromatic nitrogens is 1. The van der Waals surface area contributed by atoms with Gasteiger partial charge in [0.2, 0.25) is 5.89 Å². The van der Waals surface area contributed by atoms with Gasteiger partial charge in [-0.15, -0.1) is 0 Å². The van der Waals surface area contributed by atoms with Gasteiger partial charge in [0.15, 0.2) is 5.78 Å². The van der Waals surface area contributed by atoms with Crippen LogP contribution in [0, 0.1) is 0 Å². The Morgan fingerprint density at radius 2 is 1.67 bits per heavy atom. The Morgan fingerprint density at radius 3 is 2.33 bits per heavy atom. The van der Waals surface area contributed by atoms with Crippen LogP contribution >= 0.6 is 0 Å². The first-order valence-electron chi connectivity index (χ1n) is 9.47. The molecule has 0 spiro atoms. The van der Waals surface area contributed by atoms with Crippen molar-refractivity contribution < 1.29 is 13.9 Å². The fourth-order valence-electron chi connectivity index (χ4n) is 2.83. The number of carbonyl (C=O) groups excluding carboxylic acids is 1. The Hall–Kier alpha value is -2.88. The molecule has 140 valence electrons. The summed E-state index contributed by atoms with van der Waals surface area (Å²) in [5, 5.41) is 0. The lowest BCUT2D eigenvalue weighted by Crippen LogP contribution is -1.96. The number of ketones is 1. The van der Waals surface area contributed by atoms with Gasteiger partial charge in [0.05, 0.1) is 6.61 Å². The third-order valence-corrected chi connectivity index (χ3v) is 4.46. The van der Waals surface area contributed by atoms with Gasteiger partial charge in [0.1, 0.15) is 17.7 Å². The summed E-state index contributed by atoms with van der Waals surface area (Å²) in [7, 11) is 0. The molecule has 4 nitrogen and oxygen atoms in total. The molecule has 1 heterocycles. The average molecular weight is 363 g/mol. The van der Waals surface area contributed by atoms with E-state index in [-0.39, 0.29) is 5.78 Å². The second-order valence-corrected chi connectivity index (χ2v) is 6.60. The predicted octanol–water partition coefficient (Wildman–Crippen LogP) is 6.17. The van der Waals surface area contributed by atoms with E-state index in [0.29, 0.717) is 11.5 Å². The molecule has 1 aromatic heterocycles. The van der Waals surface area contributed by atoms with E-state index in [1.807, 2.05) is 36.4 Å². The van der Waals surface area contributed by atoms with E-state index in [1.54, 1.807) is 25.3 Å². The highest BCUT2D eigenvalue weighted by Gasteiger charge is 2.09. The van der Waals surface area contributed by atoms with E-state index < -0.39 is 0 Å². The van der Waals surface area contributed by atoms with Gasteiger partial charge in [0, 0.05) is 16.7 Å². The van der Waals surface area contributed by atoms with Crippen LogP contribution in [0.25, 0.3) is 22.7 Å². The molecule has 27 heavy (non-hydrogen) atoms. The van der Waals surface area contributed by atoms with Gasteiger partial charge in [-0.1, -0.05) is 38.3 Å². The average Bonchev–Trinajstić information content (AvgIpc) is 3.18. The minimum Gasteiger partial charge on any atom is -0.494 e. The highest BCUT2D eigenvalue weighted by Crippen LogP contribution is 2.26. The van der Waals surface area contributed by atoms with Crippen LogP contribution in [0.4, 0.5) is 0 Å². The minimum absolute atomic E-state index is 0.0438. The monoisotopic (exact) mass is 363 g/mol. The smallest absolute Gasteiger partial charge is 0.226 e. The molecule has 0 aliphatic rings. The van der Waals surface area contributed by atoms with Crippen molar-refractivity contribution in [2.24, 2.45) is 0 Å². The summed E-state index contributed by atoms with van der Waals surface area (Å²) in [6.07, 6.45) is 6.44. The summed E-state index contributed by atoms with van der Waals surface area (Å²) in [5.41, 5.74) is 3.27. The molecule has 0 saturated heterocycles. The molecule has 0 saturated carbocycles. The lowest BCUT2D eigenvalue weighted by molar-refractivity contribution is 0.101. The number of carbonyl (C=O) groups is 1. The van der Waals surface area contributed by atoms with Gasteiger partial charge in [0.25, 0.3) is 0 Å². The second-order valence-electron chi connectivity index (χ2n) is 6.60. The molecule has 0 radical (unpaired) electrons. The molecular weight excluding hydrogens is 338 g/mol. The molecule has 2 aromatic carbocycles. The third kappa shape index (κ3) is 5.07. The number of benzene rings is 2. The van der Waals surface area contributed by atoms with Crippen molar-refractivity contribution in [2.75, 3.05) is 6.61 Å². The van der Waals surface area contributed by atoms with Gasteiger partial charge >= 0.3 is 0 Å². The van der Waals surface area contributed by atoms with Crippen LogP contribution in [-0.2, 0) is 0 Å². The molecule has 3 aromatic rings. The summed E-state index contributed by atoms with van der Waals surface area (Å²) in [6.45, 7) is 4.51. The fourth-order valence-corrected chi connectivity index (χ4v) is 2.83. The Bertz CT molecular complexity index is 863. The molecule has 0 fully saturated rings. The van der Waals surface area contributed by atoms with Crippen LogP contribution in [0.5, 0.6) is 5.75 Å². The molecule has 0 unspecified atom stereocenters. The summed E-state index contributed by atoms with van der Waals surface area (Å²) in [5.74, 6) is 1.46. The molecule has 0 bridgehead atoms. The molecule has 3 rings (SSSR count). The first-order valence-corrected chi connectivity index (χ1v) is 9.47. The summed E-state index contributed by atoms with van der Waals surface area (Å²) in [4.78, 5) is 15.9. The Morgan fingerprint density at radius 1 is 0.963 bits per heavy atom. The highest BCUT2D eigenvalue weighted by molar-refractivity contribution is 5.94.